The second-order valence-electron chi connectivity index (χ2n) is 27.0. The van der Waals surface area contributed by atoms with Crippen molar-refractivity contribution in [1.29, 1.82) is 0 Å². The molecule has 0 heterocycles. The summed E-state index contributed by atoms with van der Waals surface area (Å²) < 4.78 is 111. The maximum absolute atomic E-state index is 13.8. The van der Waals surface area contributed by atoms with Gasteiger partial charge in [-0.3, -0.25) is 29.3 Å². The van der Waals surface area contributed by atoms with Crippen LogP contribution in [-0.2, 0) is 65.2 Å². The molecule has 0 saturated heterocycles. The molecule has 0 radical (unpaired) electrons. The minimum atomic E-state index is -4.23. The monoisotopic (exact) mass is 1400 g/mol. The molecule has 6 aromatic carbocycles. The van der Waals surface area contributed by atoms with E-state index >= 15 is 0 Å². The fraction of sp³-hybridized carbons (Fsp3) is 0.429. The van der Waals surface area contributed by atoms with E-state index in [9.17, 15) is 73.9 Å². The molecule has 0 fully saturated rings. The molecule has 0 aliphatic carbocycles. The molecule has 0 aliphatic rings. The summed E-state index contributed by atoms with van der Waals surface area (Å²) in [6.07, 6.45) is -2.45. The van der Waals surface area contributed by atoms with Crippen LogP contribution in [0.4, 0.5) is 28.9 Å². The molecule has 22 nitrogen and oxygen atoms in total. The van der Waals surface area contributed by atoms with Crippen molar-refractivity contribution in [3.63, 3.8) is 0 Å². The van der Waals surface area contributed by atoms with Crippen LogP contribution >= 0.6 is 0 Å². The van der Waals surface area contributed by atoms with Gasteiger partial charge < -0.3 is 47.8 Å². The Morgan fingerprint density at radius 2 is 0.827 bits per heavy atom. The van der Waals surface area contributed by atoms with Gasteiger partial charge in [-0.05, 0) is 118 Å². The number of nitrogens with zero attached hydrogens (tertiary/aromatic N) is 3. The van der Waals surface area contributed by atoms with Gasteiger partial charge in [-0.1, -0.05) is 130 Å². The number of aliphatic hydroxyl groups excluding tert-OH is 2. The molecule has 6 aromatic rings. The summed E-state index contributed by atoms with van der Waals surface area (Å²) >= 11 is 0. The molecular formula is C70H92F4N10O12S2. The molecule has 6 atom stereocenters. The Labute approximate surface area is 571 Å². The van der Waals surface area contributed by atoms with E-state index in [4.69, 9.17) is 5.73 Å². The van der Waals surface area contributed by atoms with Gasteiger partial charge in [0.05, 0.1) is 52.1 Å². The van der Waals surface area contributed by atoms with Gasteiger partial charge in [0.2, 0.25) is 43.7 Å². The molecule has 28 heteroatoms. The number of halogens is 4. The molecule has 0 aromatic heterocycles. The van der Waals surface area contributed by atoms with Gasteiger partial charge in [-0.15, -0.1) is 0 Å². The normalized spacial score (nSPS) is 14.0. The zero-order valence-corrected chi connectivity index (χ0v) is 58.4. The minimum Gasteiger partial charge on any atom is -0.399 e. The van der Waals surface area contributed by atoms with E-state index in [1.54, 1.807) is 85.7 Å². The van der Waals surface area contributed by atoms with Crippen molar-refractivity contribution in [2.45, 2.75) is 141 Å². The highest BCUT2D eigenvalue weighted by molar-refractivity contribution is 7.89. The van der Waals surface area contributed by atoms with Crippen molar-refractivity contribution in [3.05, 3.63) is 201 Å². The fourth-order valence-electron chi connectivity index (χ4n) is 10.4. The van der Waals surface area contributed by atoms with Gasteiger partial charge in [0, 0.05) is 69.2 Å². The van der Waals surface area contributed by atoms with Crippen molar-refractivity contribution in [2.75, 3.05) is 45.0 Å². The molecule has 6 rings (SSSR count). The van der Waals surface area contributed by atoms with E-state index in [1.807, 2.05) is 44.2 Å². The number of hydrogen-bond donors (Lipinski definition) is 9. The number of nitrogens with one attached hydrogen (secondary N) is 6. The zero-order chi connectivity index (χ0) is 72.9. The number of carbonyl (C=O) groups is 4. The predicted molar refractivity (Wildman–Crippen MR) is 366 cm³/mol. The number of rotatable bonds is 33. The number of non-ortho nitro benzene ring substituents is 1. The van der Waals surface area contributed by atoms with Crippen LogP contribution in [0.5, 0.6) is 0 Å². The molecule has 0 aliphatic heterocycles. The number of aliphatic hydroxyl groups is 2. The van der Waals surface area contributed by atoms with E-state index in [-0.39, 0.29) is 86.0 Å². The number of nitro groups is 1. The van der Waals surface area contributed by atoms with Crippen LogP contribution in [0.25, 0.3) is 0 Å². The zero-order valence-electron chi connectivity index (χ0n) is 56.8. The summed E-state index contributed by atoms with van der Waals surface area (Å²) in [5.74, 6) is -5.48. The quantitative estimate of drug-likeness (QED) is 0.00832. The molecule has 534 valence electrons. The number of anilines is 1. The van der Waals surface area contributed by atoms with Gasteiger partial charge in [0.1, 0.15) is 35.4 Å². The molecular weight excluding hydrogens is 1310 g/mol. The number of hydrogen-bond acceptors (Lipinski definition) is 15. The Morgan fingerprint density at radius 1 is 0.500 bits per heavy atom. The first-order valence-electron chi connectivity index (χ1n) is 31.9. The van der Waals surface area contributed by atoms with Crippen molar-refractivity contribution in [3.8, 4) is 0 Å². The average molecular weight is 1410 g/mol. The van der Waals surface area contributed by atoms with E-state index in [2.05, 4.69) is 31.9 Å². The van der Waals surface area contributed by atoms with Crippen LogP contribution in [0.2, 0.25) is 0 Å². The molecule has 0 bridgehead atoms. The molecule has 4 amide bonds. The first-order valence-corrected chi connectivity index (χ1v) is 34.8. The highest BCUT2D eigenvalue weighted by atomic mass is 32.2. The summed E-state index contributed by atoms with van der Waals surface area (Å²) in [4.78, 5) is 63.8. The SMILES string of the molecule is CC(C)CN(CC(O)C(Cc1ccccc1)NC(=O)[C@@H](NC(=O)CNCc1cc(F)cc(F)c1)C(C)(C)C)S(=O)(=O)c1ccc(N)cc1.CC(C)CN(CC(O)C(Cc1ccccc1)NC(=O)[C@@H](NC(=O)CNCc1cc(F)cc(F)c1)C(C)(C)C)S(=O)(=O)c1ccc([N+](=O)[O-])cc1. The van der Waals surface area contributed by atoms with Gasteiger partial charge in [0.15, 0.2) is 0 Å². The first-order chi connectivity index (χ1) is 45.8. The van der Waals surface area contributed by atoms with Crippen LogP contribution in [0.1, 0.15) is 91.5 Å². The van der Waals surface area contributed by atoms with Gasteiger partial charge >= 0.3 is 0 Å². The maximum atomic E-state index is 13.8. The number of benzene rings is 6. The lowest BCUT2D eigenvalue weighted by molar-refractivity contribution is -0.384. The summed E-state index contributed by atoms with van der Waals surface area (Å²) in [6, 6.07) is 30.4. The van der Waals surface area contributed by atoms with Crippen molar-refractivity contribution in [1.82, 2.24) is 40.5 Å². The molecule has 98 heavy (non-hydrogen) atoms. The number of sulfonamides is 2. The Kier molecular flexibility index (Phi) is 30.0. The van der Waals surface area contributed by atoms with Crippen molar-refractivity contribution >= 4 is 55.1 Å². The standard InChI is InChI=1S/C35H45F2N5O7S.C35H47F2N5O5S/c1-23(2)21-41(50(48,49)29-13-11-28(12-14-29)42(46)47)22-31(43)30(17-24-9-7-6-8-10-24)39-34(45)33(35(3,4)5)40-32(44)20-38-19-25-15-26(36)18-27(37)16-25;1-23(2)21-42(48(46,47)29-13-11-28(38)12-14-29)22-31(43)30(17-24-9-7-6-8-10-24)40-34(45)33(35(3,4)5)41-32(44)20-39-19-25-15-26(36)18-27(37)16-25/h6-16,18,23,30-31,33,38,43H,17,19-22H2,1-5H3,(H,39,45)(H,40,44);6-16,18,23,30-31,33,39,43H,17,19-22,38H2,1-5H3,(H,40,45)(H,41,44)/t2*30?,31?,33-/m11/s1. The third-order valence-corrected chi connectivity index (χ3v) is 18.9. The number of nitrogen functional groups attached to an aromatic ring is 1. The van der Waals surface area contributed by atoms with Crippen LogP contribution in [0.3, 0.4) is 0 Å². The maximum Gasteiger partial charge on any atom is 0.269 e. The van der Waals surface area contributed by atoms with Gasteiger partial charge in [-0.25, -0.2) is 34.4 Å². The van der Waals surface area contributed by atoms with E-state index in [0.29, 0.717) is 16.8 Å². The summed E-state index contributed by atoms with van der Waals surface area (Å²) in [5.41, 5.74) is 6.48. The van der Waals surface area contributed by atoms with Gasteiger partial charge in [-0.2, -0.15) is 8.61 Å². The average Bonchev–Trinajstić information content (AvgIpc) is 0.811. The van der Waals surface area contributed by atoms with Crippen LogP contribution in [0.15, 0.2) is 155 Å². The van der Waals surface area contributed by atoms with Crippen LogP contribution < -0.4 is 37.6 Å². The predicted octanol–water partition coefficient (Wildman–Crippen LogP) is 7.53. The first kappa shape index (κ1) is 80.5. The second kappa shape index (κ2) is 36.6. The van der Waals surface area contributed by atoms with Gasteiger partial charge in [0.25, 0.3) is 5.69 Å². The lowest BCUT2D eigenvalue weighted by Crippen LogP contribution is -2.59. The smallest absolute Gasteiger partial charge is 0.269 e. The molecule has 4 unspecified atom stereocenters. The summed E-state index contributed by atoms with van der Waals surface area (Å²) in [6.45, 7) is 16.8. The third-order valence-electron chi connectivity index (χ3n) is 15.2. The number of nitro benzene ring substituents is 1. The fourth-order valence-corrected chi connectivity index (χ4v) is 13.6. The minimum absolute atomic E-state index is 0.00448. The molecule has 0 spiro atoms. The Balaban J connectivity index is 0.000000354. The highest BCUT2D eigenvalue weighted by Crippen LogP contribution is 2.26. The van der Waals surface area contributed by atoms with E-state index in [0.717, 1.165) is 76.1 Å². The highest BCUT2D eigenvalue weighted by Gasteiger charge is 2.39. The topological polar surface area (TPSA) is 325 Å². The number of nitrogens with two attached hydrogens (primary N) is 1. The summed E-state index contributed by atoms with van der Waals surface area (Å²) in [7, 11) is -8.26. The second-order valence-corrected chi connectivity index (χ2v) is 30.9. The Hall–Kier alpha value is -8.22. The molecule has 10 N–H and O–H groups in total. The largest absolute Gasteiger partial charge is 0.399 e. The van der Waals surface area contributed by atoms with Crippen LogP contribution in [0, 0.1) is 56.0 Å². The third kappa shape index (κ3) is 25.9. The van der Waals surface area contributed by atoms with E-state index in [1.165, 1.54) is 28.6 Å². The van der Waals surface area contributed by atoms with Crippen molar-refractivity contribution < 1.29 is 68.7 Å². The van der Waals surface area contributed by atoms with Crippen LogP contribution in [-0.4, -0.2) is 140 Å². The van der Waals surface area contributed by atoms with Crippen molar-refractivity contribution in [2.24, 2.45) is 22.7 Å². The number of carbonyl (C=O) groups excluding carboxylic acids is 4. The summed E-state index contributed by atoms with van der Waals surface area (Å²) in [5, 5.41) is 51.1. The Morgan fingerprint density at radius 3 is 1.13 bits per heavy atom. The molecule has 0 saturated carbocycles. The van der Waals surface area contributed by atoms with E-state index < -0.39 is 126 Å². The lowest BCUT2D eigenvalue weighted by Gasteiger charge is -2.34. The number of amides is 4. The Bertz CT molecular complexity index is 3790. The lowest BCUT2D eigenvalue weighted by atomic mass is 9.85.